The molecule has 0 N–H and O–H groups in total. The van der Waals surface area contributed by atoms with E-state index in [4.69, 9.17) is 4.74 Å². The second-order valence-corrected chi connectivity index (χ2v) is 7.34. The van der Waals surface area contributed by atoms with Gasteiger partial charge >= 0.3 is 18.9 Å². The number of carbonyl (C=O) groups excluding carboxylic acids is 2. The van der Waals surface area contributed by atoms with Gasteiger partial charge in [0.1, 0.15) is 0 Å². The number of aliphatic carboxylic acids is 1. The third-order valence-electron chi connectivity index (χ3n) is 5.45. The molecule has 1 aromatic rings. The second kappa shape index (κ2) is 7.12. The molecule has 1 atom stereocenters. The predicted octanol–water partition coefficient (Wildman–Crippen LogP) is -2.98. The molecule has 25 heavy (non-hydrogen) atoms. The Hall–Kier alpha value is -1.32. The Morgan fingerprint density at radius 3 is 2.52 bits per heavy atom. The molecule has 3 saturated heterocycles. The van der Waals surface area contributed by atoms with Gasteiger partial charge in [0.25, 0.3) is 0 Å². The van der Waals surface area contributed by atoms with Gasteiger partial charge in [-0.2, -0.15) is 0 Å². The molecule has 4 rings (SSSR count). The molecule has 3 heterocycles. The average Bonchev–Trinajstić information content (AvgIpc) is 3.12. The normalized spacial score (nSPS) is 25.0. The van der Waals surface area contributed by atoms with E-state index in [1.54, 1.807) is 4.90 Å². The number of likely N-dealkylation sites (tertiary alicyclic amines) is 1. The summed E-state index contributed by atoms with van der Waals surface area (Å²) in [6, 6.07) is 7.86. The fraction of sp³-hybridized carbons (Fsp3) is 0.556. The summed E-state index contributed by atoms with van der Waals surface area (Å²) in [6.07, 6.45) is 1.24. The fourth-order valence-electron chi connectivity index (χ4n) is 3.94. The number of ether oxygens (including phenoxy) is 1. The molecule has 1 spiro atoms. The number of hydrogen-bond acceptors (Lipinski definition) is 5. The molecule has 0 radical (unpaired) electrons. The van der Waals surface area contributed by atoms with E-state index >= 15 is 0 Å². The van der Waals surface area contributed by atoms with Crippen LogP contribution in [0.1, 0.15) is 18.4 Å². The smallest absolute Gasteiger partial charge is 0.550 e. The summed E-state index contributed by atoms with van der Waals surface area (Å²) < 4.78 is 5.36. The van der Waals surface area contributed by atoms with E-state index in [2.05, 4.69) is 4.90 Å². The number of carboxylic acid groups (broad SMARTS) is 1. The van der Waals surface area contributed by atoms with Crippen LogP contribution >= 0.6 is 0 Å². The molecule has 0 aromatic heterocycles. The van der Waals surface area contributed by atoms with Crippen molar-refractivity contribution >= 4 is 17.6 Å². The minimum atomic E-state index is -1.15. The van der Waals surface area contributed by atoms with Gasteiger partial charge in [-0.1, -0.05) is 12.1 Å². The SMILES string of the molecule is O=C([O-])[C@H]1CC(=O)N(c2ccc(CN3CCC4(COC4)C3)cc2)C1.[Li+]. The van der Waals surface area contributed by atoms with E-state index < -0.39 is 11.9 Å². The van der Waals surface area contributed by atoms with E-state index in [0.29, 0.717) is 5.41 Å². The fourth-order valence-corrected chi connectivity index (χ4v) is 3.94. The summed E-state index contributed by atoms with van der Waals surface area (Å²) in [5.41, 5.74) is 2.36. The van der Waals surface area contributed by atoms with Gasteiger partial charge in [-0.05, 0) is 30.7 Å². The van der Waals surface area contributed by atoms with Crippen molar-refractivity contribution in [2.45, 2.75) is 19.4 Å². The van der Waals surface area contributed by atoms with Gasteiger partial charge in [0.05, 0.1) is 13.2 Å². The second-order valence-electron chi connectivity index (χ2n) is 7.34. The summed E-state index contributed by atoms with van der Waals surface area (Å²) >= 11 is 0. The monoisotopic (exact) mass is 336 g/mol. The molecule has 0 bridgehead atoms. The average molecular weight is 336 g/mol. The minimum Gasteiger partial charge on any atom is -0.550 e. The van der Waals surface area contributed by atoms with Gasteiger partial charge in [-0.15, -0.1) is 0 Å². The number of benzene rings is 1. The quantitative estimate of drug-likeness (QED) is 0.549. The summed E-state index contributed by atoms with van der Waals surface area (Å²) in [4.78, 5) is 26.9. The van der Waals surface area contributed by atoms with Crippen molar-refractivity contribution in [2.75, 3.05) is 37.7 Å². The van der Waals surface area contributed by atoms with Crippen molar-refractivity contribution < 1.29 is 38.3 Å². The number of amides is 1. The Morgan fingerprint density at radius 1 is 1.28 bits per heavy atom. The van der Waals surface area contributed by atoms with E-state index in [9.17, 15) is 14.7 Å². The van der Waals surface area contributed by atoms with Crippen molar-refractivity contribution in [3.05, 3.63) is 29.8 Å². The number of carbonyl (C=O) groups is 2. The zero-order valence-corrected chi connectivity index (χ0v) is 14.6. The first-order chi connectivity index (χ1) is 11.5. The van der Waals surface area contributed by atoms with Gasteiger partial charge in [0.2, 0.25) is 5.91 Å². The maximum Gasteiger partial charge on any atom is 1.00 e. The first-order valence-electron chi connectivity index (χ1n) is 8.45. The Bertz CT molecular complexity index is 660. The van der Waals surface area contributed by atoms with Crippen LogP contribution < -0.4 is 28.9 Å². The number of nitrogens with zero attached hydrogens (tertiary/aromatic N) is 2. The first kappa shape index (κ1) is 18.5. The summed E-state index contributed by atoms with van der Waals surface area (Å²) in [6.45, 7) is 5.07. The molecular formula is C18H21LiN2O4. The van der Waals surface area contributed by atoms with E-state index in [1.165, 1.54) is 12.0 Å². The summed E-state index contributed by atoms with van der Waals surface area (Å²) in [5.74, 6) is -2.00. The predicted molar refractivity (Wildman–Crippen MR) is 85.1 cm³/mol. The standard InChI is InChI=1S/C18H22N2O4.Li/c21-16-7-14(17(22)23)9-20(16)15-3-1-13(2-4-15)8-19-6-5-18(10-19)11-24-12-18;/h1-4,14H,5-12H2,(H,22,23);/q;+1/p-1/t14-;/m0./s1. The van der Waals surface area contributed by atoms with E-state index in [0.717, 1.165) is 38.5 Å². The Balaban J connectivity index is 0.00000182. The van der Waals surface area contributed by atoms with Crippen LogP contribution in [0.4, 0.5) is 5.69 Å². The molecule has 0 aliphatic carbocycles. The Labute approximate surface area is 159 Å². The van der Waals surface area contributed by atoms with Gasteiger partial charge < -0.3 is 19.5 Å². The van der Waals surface area contributed by atoms with Gasteiger partial charge in [-0.3, -0.25) is 9.69 Å². The van der Waals surface area contributed by atoms with Crippen LogP contribution in [0.25, 0.3) is 0 Å². The van der Waals surface area contributed by atoms with Crippen molar-refractivity contribution in [3.63, 3.8) is 0 Å². The molecule has 128 valence electrons. The molecule has 0 unspecified atom stereocenters. The molecule has 6 nitrogen and oxygen atoms in total. The van der Waals surface area contributed by atoms with Crippen LogP contribution in [0.15, 0.2) is 24.3 Å². The van der Waals surface area contributed by atoms with Gasteiger partial charge in [0, 0.05) is 49.0 Å². The zero-order chi connectivity index (χ0) is 16.7. The Morgan fingerprint density at radius 2 is 2.00 bits per heavy atom. The third-order valence-corrected chi connectivity index (χ3v) is 5.45. The van der Waals surface area contributed by atoms with Crippen LogP contribution in [-0.2, 0) is 20.9 Å². The van der Waals surface area contributed by atoms with Crippen molar-refractivity contribution in [2.24, 2.45) is 11.3 Å². The third kappa shape index (κ3) is 3.63. The molecule has 3 aliphatic heterocycles. The molecule has 0 saturated carbocycles. The van der Waals surface area contributed by atoms with Crippen molar-refractivity contribution in [3.8, 4) is 0 Å². The van der Waals surface area contributed by atoms with Gasteiger partial charge in [0.15, 0.2) is 0 Å². The summed E-state index contributed by atoms with van der Waals surface area (Å²) in [7, 11) is 0. The van der Waals surface area contributed by atoms with E-state index in [1.807, 2.05) is 24.3 Å². The topological polar surface area (TPSA) is 72.9 Å². The number of hydrogen-bond donors (Lipinski definition) is 0. The summed E-state index contributed by atoms with van der Waals surface area (Å²) in [5, 5.41) is 10.9. The largest absolute Gasteiger partial charge is 1.00 e. The minimum absolute atomic E-state index is 0. The zero-order valence-electron chi connectivity index (χ0n) is 14.6. The van der Waals surface area contributed by atoms with Crippen LogP contribution in [-0.4, -0.2) is 49.6 Å². The van der Waals surface area contributed by atoms with E-state index in [-0.39, 0.29) is 37.7 Å². The van der Waals surface area contributed by atoms with Crippen molar-refractivity contribution in [1.29, 1.82) is 0 Å². The number of carboxylic acids is 1. The maximum atomic E-state index is 12.0. The van der Waals surface area contributed by atoms with Crippen LogP contribution in [0.2, 0.25) is 0 Å². The molecule has 7 heteroatoms. The molecule has 3 aliphatic rings. The molecule has 3 fully saturated rings. The first-order valence-corrected chi connectivity index (χ1v) is 8.45. The number of anilines is 1. The molecular weight excluding hydrogens is 315 g/mol. The van der Waals surface area contributed by atoms with Crippen LogP contribution in [0.5, 0.6) is 0 Å². The number of rotatable bonds is 4. The van der Waals surface area contributed by atoms with Gasteiger partial charge in [-0.25, -0.2) is 0 Å². The molecule has 1 amide bonds. The maximum absolute atomic E-state index is 12.0. The van der Waals surface area contributed by atoms with Crippen LogP contribution in [0.3, 0.4) is 0 Å². The van der Waals surface area contributed by atoms with Crippen molar-refractivity contribution in [1.82, 2.24) is 4.90 Å². The molecule has 1 aromatic carbocycles. The van der Waals surface area contributed by atoms with Crippen LogP contribution in [0, 0.1) is 11.3 Å². The Kier molecular flexibility index (Phi) is 5.26.